The van der Waals surface area contributed by atoms with Crippen molar-refractivity contribution in [2.24, 2.45) is 5.92 Å². The highest BCUT2D eigenvalue weighted by Gasteiger charge is 2.22. The summed E-state index contributed by atoms with van der Waals surface area (Å²) in [5, 5.41) is 11.6. The number of hydrogen-bond donors (Lipinski definition) is 1. The molecule has 2 amide bonds. The van der Waals surface area contributed by atoms with Crippen molar-refractivity contribution in [3.63, 3.8) is 0 Å². The van der Waals surface area contributed by atoms with Crippen molar-refractivity contribution in [1.29, 1.82) is 5.26 Å². The molecule has 0 radical (unpaired) electrons. The molecule has 1 saturated heterocycles. The summed E-state index contributed by atoms with van der Waals surface area (Å²) in [6.45, 7) is 3.74. The van der Waals surface area contributed by atoms with Gasteiger partial charge in [0, 0.05) is 29.9 Å². The van der Waals surface area contributed by atoms with Crippen LogP contribution >= 0.6 is 0 Å². The van der Waals surface area contributed by atoms with Crippen LogP contribution in [0.4, 0.5) is 5.69 Å². The van der Waals surface area contributed by atoms with E-state index in [4.69, 9.17) is 5.26 Å². The van der Waals surface area contributed by atoms with Gasteiger partial charge in [0.2, 0.25) is 0 Å². The molecule has 1 aliphatic rings. The lowest BCUT2D eigenvalue weighted by atomic mass is 9.98. The molecule has 0 spiro atoms. The van der Waals surface area contributed by atoms with E-state index in [0.717, 1.165) is 25.9 Å². The van der Waals surface area contributed by atoms with Crippen LogP contribution in [0.15, 0.2) is 48.5 Å². The maximum atomic E-state index is 12.7. The van der Waals surface area contributed by atoms with Gasteiger partial charge in [-0.25, -0.2) is 0 Å². The van der Waals surface area contributed by atoms with E-state index in [1.165, 1.54) is 0 Å². The number of benzene rings is 2. The first kappa shape index (κ1) is 17.7. The second-order valence-corrected chi connectivity index (χ2v) is 6.70. The highest BCUT2D eigenvalue weighted by Crippen LogP contribution is 2.19. The summed E-state index contributed by atoms with van der Waals surface area (Å²) in [5.41, 5.74) is 2.11. The highest BCUT2D eigenvalue weighted by atomic mass is 16.2. The standard InChI is InChI=1S/C21H21N3O2/c1-15-9-11-24(12-10-15)21(26)18-4-2-3-17(13-18)20(25)23-19-7-5-16(14-22)6-8-19/h2-8,13,15H,9-12H2,1H3,(H,23,25). The van der Waals surface area contributed by atoms with Crippen LogP contribution in [0, 0.1) is 17.2 Å². The number of rotatable bonds is 3. The minimum absolute atomic E-state index is 0.0232. The predicted octanol–water partition coefficient (Wildman–Crippen LogP) is 3.68. The largest absolute Gasteiger partial charge is 0.339 e. The van der Waals surface area contributed by atoms with Gasteiger partial charge in [-0.1, -0.05) is 13.0 Å². The van der Waals surface area contributed by atoms with Gasteiger partial charge in [0.05, 0.1) is 11.6 Å². The lowest BCUT2D eigenvalue weighted by molar-refractivity contribution is 0.0697. The smallest absolute Gasteiger partial charge is 0.255 e. The molecule has 0 unspecified atom stereocenters. The molecule has 3 rings (SSSR count). The van der Waals surface area contributed by atoms with E-state index < -0.39 is 0 Å². The van der Waals surface area contributed by atoms with Crippen molar-refractivity contribution < 1.29 is 9.59 Å². The van der Waals surface area contributed by atoms with Gasteiger partial charge in [-0.3, -0.25) is 9.59 Å². The first-order valence-corrected chi connectivity index (χ1v) is 8.77. The molecule has 0 aliphatic carbocycles. The maximum Gasteiger partial charge on any atom is 0.255 e. The average Bonchev–Trinajstić information content (AvgIpc) is 2.68. The van der Waals surface area contributed by atoms with E-state index in [1.807, 2.05) is 11.0 Å². The quantitative estimate of drug-likeness (QED) is 0.920. The fourth-order valence-corrected chi connectivity index (χ4v) is 3.02. The van der Waals surface area contributed by atoms with Crippen LogP contribution in [0.2, 0.25) is 0 Å². The van der Waals surface area contributed by atoms with Gasteiger partial charge in [-0.2, -0.15) is 5.26 Å². The van der Waals surface area contributed by atoms with E-state index in [2.05, 4.69) is 12.2 Å². The Kier molecular flexibility index (Phi) is 5.33. The van der Waals surface area contributed by atoms with E-state index in [9.17, 15) is 9.59 Å². The first-order valence-electron chi connectivity index (χ1n) is 8.77. The number of carbonyl (C=O) groups is 2. The molecule has 0 saturated carbocycles. The number of amides is 2. The van der Waals surface area contributed by atoms with Gasteiger partial charge in [0.15, 0.2) is 0 Å². The number of nitrogens with one attached hydrogen (secondary N) is 1. The SMILES string of the molecule is CC1CCN(C(=O)c2cccc(C(=O)Nc3ccc(C#N)cc3)c2)CC1. The Morgan fingerprint density at radius 2 is 1.73 bits per heavy atom. The number of piperidine rings is 1. The molecule has 2 aromatic rings. The second-order valence-electron chi connectivity index (χ2n) is 6.70. The maximum absolute atomic E-state index is 12.7. The third-order valence-corrected chi connectivity index (χ3v) is 4.71. The van der Waals surface area contributed by atoms with Crippen LogP contribution in [0.25, 0.3) is 0 Å². The normalized spacial score (nSPS) is 14.5. The third-order valence-electron chi connectivity index (χ3n) is 4.71. The Balaban J connectivity index is 1.70. The molecule has 132 valence electrons. The zero-order valence-electron chi connectivity index (χ0n) is 14.7. The molecular formula is C21H21N3O2. The summed E-state index contributed by atoms with van der Waals surface area (Å²) in [5.74, 6) is 0.352. The number of likely N-dealkylation sites (tertiary alicyclic amines) is 1. The van der Waals surface area contributed by atoms with Crippen LogP contribution in [0.3, 0.4) is 0 Å². The molecule has 0 bridgehead atoms. The molecule has 0 atom stereocenters. The molecule has 1 heterocycles. The van der Waals surface area contributed by atoms with Crippen molar-refractivity contribution >= 4 is 17.5 Å². The Labute approximate surface area is 153 Å². The van der Waals surface area contributed by atoms with Gasteiger partial charge >= 0.3 is 0 Å². The number of carbonyl (C=O) groups excluding carboxylic acids is 2. The van der Waals surface area contributed by atoms with Gasteiger partial charge in [0.25, 0.3) is 11.8 Å². The Morgan fingerprint density at radius 1 is 1.08 bits per heavy atom. The summed E-state index contributed by atoms with van der Waals surface area (Å²) in [4.78, 5) is 27.0. The van der Waals surface area contributed by atoms with Crippen LogP contribution < -0.4 is 5.32 Å². The van der Waals surface area contributed by atoms with E-state index in [0.29, 0.717) is 28.3 Å². The van der Waals surface area contributed by atoms with E-state index in [-0.39, 0.29) is 11.8 Å². The summed E-state index contributed by atoms with van der Waals surface area (Å²) >= 11 is 0. The Hall–Kier alpha value is -3.13. The van der Waals surface area contributed by atoms with Crippen LogP contribution in [-0.2, 0) is 0 Å². The molecule has 5 nitrogen and oxygen atoms in total. The van der Waals surface area contributed by atoms with Gasteiger partial charge < -0.3 is 10.2 Å². The molecule has 1 aliphatic heterocycles. The number of hydrogen-bond acceptors (Lipinski definition) is 3. The van der Waals surface area contributed by atoms with Crippen LogP contribution in [-0.4, -0.2) is 29.8 Å². The molecule has 0 aromatic heterocycles. The van der Waals surface area contributed by atoms with E-state index in [1.54, 1.807) is 48.5 Å². The van der Waals surface area contributed by atoms with Crippen LogP contribution in [0.1, 0.15) is 46.0 Å². The molecular weight excluding hydrogens is 326 g/mol. The van der Waals surface area contributed by atoms with Gasteiger partial charge in [0.1, 0.15) is 0 Å². The second kappa shape index (κ2) is 7.83. The number of anilines is 1. The number of nitriles is 1. The average molecular weight is 347 g/mol. The summed E-state index contributed by atoms with van der Waals surface area (Å²) in [7, 11) is 0. The van der Waals surface area contributed by atoms with Crippen molar-refractivity contribution in [1.82, 2.24) is 4.90 Å². The molecule has 1 N–H and O–H groups in total. The Morgan fingerprint density at radius 3 is 2.38 bits per heavy atom. The van der Waals surface area contributed by atoms with Crippen molar-refractivity contribution in [3.8, 4) is 6.07 Å². The zero-order valence-corrected chi connectivity index (χ0v) is 14.7. The predicted molar refractivity (Wildman–Crippen MR) is 99.9 cm³/mol. The lowest BCUT2D eigenvalue weighted by Gasteiger charge is -2.30. The third kappa shape index (κ3) is 4.09. The zero-order chi connectivity index (χ0) is 18.5. The molecule has 5 heteroatoms. The molecule has 1 fully saturated rings. The summed E-state index contributed by atoms with van der Waals surface area (Å²) in [6, 6.07) is 15.5. The minimum Gasteiger partial charge on any atom is -0.339 e. The minimum atomic E-state index is -0.281. The van der Waals surface area contributed by atoms with Crippen molar-refractivity contribution in [2.75, 3.05) is 18.4 Å². The highest BCUT2D eigenvalue weighted by molar-refractivity contribution is 6.06. The molecule has 26 heavy (non-hydrogen) atoms. The van der Waals surface area contributed by atoms with E-state index >= 15 is 0 Å². The fraction of sp³-hybridized carbons (Fsp3) is 0.286. The molecule has 2 aromatic carbocycles. The monoisotopic (exact) mass is 347 g/mol. The summed E-state index contributed by atoms with van der Waals surface area (Å²) < 4.78 is 0. The van der Waals surface area contributed by atoms with Crippen molar-refractivity contribution in [2.45, 2.75) is 19.8 Å². The first-order chi connectivity index (χ1) is 12.6. The summed E-state index contributed by atoms with van der Waals surface area (Å²) in [6.07, 6.45) is 2.04. The van der Waals surface area contributed by atoms with Gasteiger partial charge in [-0.05, 0) is 61.2 Å². The lowest BCUT2D eigenvalue weighted by Crippen LogP contribution is -2.38. The topological polar surface area (TPSA) is 73.2 Å². The van der Waals surface area contributed by atoms with Gasteiger partial charge in [-0.15, -0.1) is 0 Å². The fourth-order valence-electron chi connectivity index (χ4n) is 3.02. The number of nitrogens with zero attached hydrogens (tertiary/aromatic N) is 2. The Bertz CT molecular complexity index is 844. The van der Waals surface area contributed by atoms with Crippen molar-refractivity contribution in [3.05, 3.63) is 65.2 Å². The van der Waals surface area contributed by atoms with Crippen LogP contribution in [0.5, 0.6) is 0 Å².